The van der Waals surface area contributed by atoms with Crippen molar-refractivity contribution in [3.05, 3.63) is 46.2 Å². The Labute approximate surface area is 112 Å². The minimum Gasteiger partial charge on any atom is -0.385 e. The van der Waals surface area contributed by atoms with Crippen LogP contribution in [0.25, 0.3) is 10.9 Å². The van der Waals surface area contributed by atoms with Gasteiger partial charge in [-0.25, -0.2) is 0 Å². The molecule has 1 aromatic carbocycles. The first-order valence-corrected chi connectivity index (χ1v) is 6.51. The highest BCUT2D eigenvalue weighted by Crippen LogP contribution is 2.19. The van der Waals surface area contributed by atoms with Crippen molar-refractivity contribution >= 4 is 10.9 Å². The minimum atomic E-state index is 0.00445. The second-order valence-electron chi connectivity index (χ2n) is 4.74. The highest BCUT2D eigenvalue weighted by atomic mass is 16.5. The third-order valence-corrected chi connectivity index (χ3v) is 3.42. The molecule has 0 spiro atoms. The first-order chi connectivity index (χ1) is 9.19. The molecule has 19 heavy (non-hydrogen) atoms. The summed E-state index contributed by atoms with van der Waals surface area (Å²) >= 11 is 0. The fourth-order valence-corrected chi connectivity index (χ4v) is 2.34. The second-order valence-corrected chi connectivity index (χ2v) is 4.74. The van der Waals surface area contributed by atoms with Crippen LogP contribution in [0, 0.1) is 0 Å². The highest BCUT2D eigenvalue weighted by Gasteiger charge is 2.13. The van der Waals surface area contributed by atoms with Crippen molar-refractivity contribution in [2.45, 2.75) is 25.9 Å². The van der Waals surface area contributed by atoms with Gasteiger partial charge in [0.1, 0.15) is 0 Å². The molecule has 2 N–H and O–H groups in total. The van der Waals surface area contributed by atoms with Crippen molar-refractivity contribution < 1.29 is 4.74 Å². The van der Waals surface area contributed by atoms with Crippen LogP contribution in [0.5, 0.6) is 0 Å². The maximum Gasteiger partial charge on any atom is 0.255 e. The van der Waals surface area contributed by atoms with Gasteiger partial charge >= 0.3 is 0 Å². The van der Waals surface area contributed by atoms with E-state index in [1.54, 1.807) is 7.11 Å². The summed E-state index contributed by atoms with van der Waals surface area (Å²) in [6.45, 7) is 2.93. The lowest BCUT2D eigenvalue weighted by molar-refractivity contribution is 0.181. The predicted molar refractivity (Wildman–Crippen MR) is 77.3 cm³/mol. The fraction of sp³-hybridized carbons (Fsp3) is 0.400. The maximum absolute atomic E-state index is 12.5. The first-order valence-electron chi connectivity index (χ1n) is 6.51. The van der Waals surface area contributed by atoms with Gasteiger partial charge in [0.2, 0.25) is 0 Å². The van der Waals surface area contributed by atoms with Crippen LogP contribution in [0.2, 0.25) is 0 Å². The quantitative estimate of drug-likeness (QED) is 0.895. The number of aromatic nitrogens is 1. The van der Waals surface area contributed by atoms with E-state index in [1.807, 2.05) is 41.8 Å². The van der Waals surface area contributed by atoms with Crippen LogP contribution >= 0.6 is 0 Å². The van der Waals surface area contributed by atoms with Crippen molar-refractivity contribution in [3.8, 4) is 0 Å². The second kappa shape index (κ2) is 5.99. The molecule has 4 heteroatoms. The molecule has 0 aliphatic rings. The van der Waals surface area contributed by atoms with Crippen molar-refractivity contribution in [2.75, 3.05) is 13.7 Å². The lowest BCUT2D eigenvalue weighted by Gasteiger charge is -2.19. The van der Waals surface area contributed by atoms with Crippen molar-refractivity contribution in [1.29, 1.82) is 0 Å². The summed E-state index contributed by atoms with van der Waals surface area (Å²) in [6, 6.07) is 9.87. The van der Waals surface area contributed by atoms with Crippen molar-refractivity contribution in [3.63, 3.8) is 0 Å². The Bertz CT molecular complexity index is 619. The molecule has 0 radical (unpaired) electrons. The SMILES string of the molecule is COCCC(C)n1c(=O)c(CN)cc2ccccc21. The topological polar surface area (TPSA) is 57.2 Å². The summed E-state index contributed by atoms with van der Waals surface area (Å²) in [5.74, 6) is 0. The molecule has 0 fully saturated rings. The summed E-state index contributed by atoms with van der Waals surface area (Å²) in [7, 11) is 1.67. The predicted octanol–water partition coefficient (Wildman–Crippen LogP) is 2.06. The van der Waals surface area contributed by atoms with Gasteiger partial charge in [0.25, 0.3) is 5.56 Å². The molecule has 0 saturated heterocycles. The van der Waals surface area contributed by atoms with E-state index in [2.05, 4.69) is 0 Å². The maximum atomic E-state index is 12.5. The van der Waals surface area contributed by atoms with Gasteiger partial charge in [0.05, 0.1) is 5.52 Å². The number of nitrogens with zero attached hydrogens (tertiary/aromatic N) is 1. The molecular weight excluding hydrogens is 240 g/mol. The molecular formula is C15H20N2O2. The summed E-state index contributed by atoms with van der Waals surface area (Å²) in [5.41, 5.74) is 7.28. The zero-order chi connectivity index (χ0) is 13.8. The summed E-state index contributed by atoms with van der Waals surface area (Å²) in [5, 5.41) is 1.05. The van der Waals surface area contributed by atoms with Crippen LogP contribution in [0.15, 0.2) is 35.1 Å². The third kappa shape index (κ3) is 2.69. The average molecular weight is 260 g/mol. The molecule has 1 heterocycles. The van der Waals surface area contributed by atoms with E-state index < -0.39 is 0 Å². The van der Waals surface area contributed by atoms with E-state index >= 15 is 0 Å². The number of benzene rings is 1. The number of hydrogen-bond acceptors (Lipinski definition) is 3. The standard InChI is InChI=1S/C15H20N2O2/c1-11(7-8-19-2)17-14-6-4-3-5-12(14)9-13(10-16)15(17)18/h3-6,9,11H,7-8,10,16H2,1-2H3. The Morgan fingerprint density at radius 2 is 2.11 bits per heavy atom. The number of methoxy groups -OCH3 is 1. The first kappa shape index (κ1) is 13.8. The van der Waals surface area contributed by atoms with E-state index in [0.717, 1.165) is 17.3 Å². The average Bonchev–Trinajstić information content (AvgIpc) is 2.44. The number of pyridine rings is 1. The van der Waals surface area contributed by atoms with Gasteiger partial charge < -0.3 is 15.0 Å². The fourth-order valence-electron chi connectivity index (χ4n) is 2.34. The summed E-state index contributed by atoms with van der Waals surface area (Å²) in [6.07, 6.45) is 0.800. The molecule has 0 bridgehead atoms. The van der Waals surface area contributed by atoms with E-state index in [1.165, 1.54) is 0 Å². The molecule has 1 unspecified atom stereocenters. The zero-order valence-electron chi connectivity index (χ0n) is 11.4. The van der Waals surface area contributed by atoms with Gasteiger partial charge in [-0.05, 0) is 30.9 Å². The van der Waals surface area contributed by atoms with Crippen LogP contribution < -0.4 is 11.3 Å². The van der Waals surface area contributed by atoms with E-state index in [-0.39, 0.29) is 18.1 Å². The van der Waals surface area contributed by atoms with Gasteiger partial charge in [-0.2, -0.15) is 0 Å². The molecule has 4 nitrogen and oxygen atoms in total. The normalized spacial score (nSPS) is 12.8. The molecule has 102 valence electrons. The van der Waals surface area contributed by atoms with Crippen LogP contribution in [0.3, 0.4) is 0 Å². The molecule has 2 rings (SSSR count). The largest absolute Gasteiger partial charge is 0.385 e. The van der Waals surface area contributed by atoms with Crippen LogP contribution in [-0.2, 0) is 11.3 Å². The number of para-hydroxylation sites is 1. The highest BCUT2D eigenvalue weighted by molar-refractivity contribution is 5.79. The molecule has 0 saturated carbocycles. The zero-order valence-corrected chi connectivity index (χ0v) is 11.4. The lowest BCUT2D eigenvalue weighted by Crippen LogP contribution is -2.28. The number of hydrogen-bond donors (Lipinski definition) is 1. The van der Waals surface area contributed by atoms with Crippen molar-refractivity contribution in [1.82, 2.24) is 4.57 Å². The molecule has 0 aliphatic carbocycles. The third-order valence-electron chi connectivity index (χ3n) is 3.42. The number of fused-ring (bicyclic) bond motifs is 1. The molecule has 0 amide bonds. The minimum absolute atomic E-state index is 0.00445. The van der Waals surface area contributed by atoms with Gasteiger partial charge in [-0.15, -0.1) is 0 Å². The van der Waals surface area contributed by atoms with E-state index in [9.17, 15) is 4.79 Å². The number of rotatable bonds is 5. The molecule has 2 aromatic rings. The van der Waals surface area contributed by atoms with Crippen molar-refractivity contribution in [2.24, 2.45) is 5.73 Å². The van der Waals surface area contributed by atoms with Gasteiger partial charge in [-0.1, -0.05) is 18.2 Å². The molecule has 1 aromatic heterocycles. The summed E-state index contributed by atoms with van der Waals surface area (Å²) in [4.78, 5) is 12.5. The smallest absolute Gasteiger partial charge is 0.255 e. The Balaban J connectivity index is 2.62. The molecule has 0 aliphatic heterocycles. The van der Waals surface area contributed by atoms with Crippen LogP contribution in [0.4, 0.5) is 0 Å². The van der Waals surface area contributed by atoms with Gasteiger partial charge in [0, 0.05) is 31.9 Å². The van der Waals surface area contributed by atoms with Crippen LogP contribution in [0.1, 0.15) is 24.9 Å². The number of nitrogens with two attached hydrogens (primary N) is 1. The monoisotopic (exact) mass is 260 g/mol. The van der Waals surface area contributed by atoms with Crippen LogP contribution in [-0.4, -0.2) is 18.3 Å². The Morgan fingerprint density at radius 3 is 2.79 bits per heavy atom. The van der Waals surface area contributed by atoms with E-state index in [0.29, 0.717) is 12.2 Å². The Morgan fingerprint density at radius 1 is 1.37 bits per heavy atom. The van der Waals surface area contributed by atoms with Gasteiger partial charge in [0.15, 0.2) is 0 Å². The summed E-state index contributed by atoms with van der Waals surface area (Å²) < 4.78 is 6.93. The Hall–Kier alpha value is -1.65. The Kier molecular flexibility index (Phi) is 4.35. The number of ether oxygens (including phenoxy) is 1. The lowest BCUT2D eigenvalue weighted by atomic mass is 10.1. The van der Waals surface area contributed by atoms with Gasteiger partial charge in [-0.3, -0.25) is 4.79 Å². The molecule has 1 atom stereocenters. The van der Waals surface area contributed by atoms with E-state index in [4.69, 9.17) is 10.5 Å².